The van der Waals surface area contributed by atoms with Gasteiger partial charge in [0, 0.05) is 12.7 Å². The van der Waals surface area contributed by atoms with Gasteiger partial charge in [-0.1, -0.05) is 50.3 Å². The van der Waals surface area contributed by atoms with Gasteiger partial charge in [-0.05, 0) is 49.3 Å². The molecule has 0 heterocycles. The summed E-state index contributed by atoms with van der Waals surface area (Å²) in [6.45, 7) is 6.61. The molecule has 0 saturated carbocycles. The highest BCUT2D eigenvalue weighted by Gasteiger charge is 2.08. The third-order valence-corrected chi connectivity index (χ3v) is 3.67. The average Bonchev–Trinajstić information content (AvgIpc) is 2.47. The van der Waals surface area contributed by atoms with E-state index < -0.39 is 0 Å². The van der Waals surface area contributed by atoms with Crippen LogP contribution in [0.15, 0.2) is 48.2 Å². The van der Waals surface area contributed by atoms with Crippen LogP contribution in [0.1, 0.15) is 50.7 Å². The summed E-state index contributed by atoms with van der Waals surface area (Å²) in [6.07, 6.45) is 9.67. The van der Waals surface area contributed by atoms with E-state index >= 15 is 0 Å². The zero-order valence-corrected chi connectivity index (χ0v) is 12.7. The van der Waals surface area contributed by atoms with Crippen molar-refractivity contribution in [3.63, 3.8) is 0 Å². The number of hydrogen-bond donors (Lipinski definition) is 1. The lowest BCUT2D eigenvalue weighted by Gasteiger charge is -2.15. The van der Waals surface area contributed by atoms with Crippen LogP contribution < -0.4 is 5.32 Å². The minimum absolute atomic E-state index is 0.647. The summed E-state index contributed by atoms with van der Waals surface area (Å²) >= 11 is 0. The van der Waals surface area contributed by atoms with E-state index in [9.17, 15) is 0 Å². The highest BCUT2D eigenvalue weighted by atomic mass is 14.8. The monoisotopic (exact) mass is 257 g/mol. The van der Waals surface area contributed by atoms with Crippen LogP contribution in [-0.2, 0) is 6.42 Å². The summed E-state index contributed by atoms with van der Waals surface area (Å²) < 4.78 is 0. The summed E-state index contributed by atoms with van der Waals surface area (Å²) in [5, 5.41) is 3.28. The number of allylic oxidation sites excluding steroid dienone is 4. The quantitative estimate of drug-likeness (QED) is 0.691. The first-order chi connectivity index (χ1) is 9.22. The maximum Gasteiger partial charge on any atom is 0.0107 e. The summed E-state index contributed by atoms with van der Waals surface area (Å²) in [4.78, 5) is 0. The third kappa shape index (κ3) is 4.94. The average molecular weight is 257 g/mol. The van der Waals surface area contributed by atoms with E-state index in [2.05, 4.69) is 61.7 Å². The Bertz CT molecular complexity index is 429. The van der Waals surface area contributed by atoms with E-state index in [-0.39, 0.29) is 0 Å². The van der Waals surface area contributed by atoms with Crippen LogP contribution >= 0.6 is 0 Å². The van der Waals surface area contributed by atoms with Crippen molar-refractivity contribution in [3.8, 4) is 0 Å². The maximum atomic E-state index is 3.28. The topological polar surface area (TPSA) is 12.0 Å². The Morgan fingerprint density at radius 3 is 2.68 bits per heavy atom. The number of benzene rings is 1. The van der Waals surface area contributed by atoms with E-state index in [1.54, 1.807) is 0 Å². The Kier molecular flexibility index (Phi) is 7.02. The number of rotatable bonds is 7. The highest BCUT2D eigenvalue weighted by molar-refractivity contribution is 5.31. The molecule has 0 bridgehead atoms. The van der Waals surface area contributed by atoms with Crippen molar-refractivity contribution in [2.75, 3.05) is 7.05 Å². The van der Waals surface area contributed by atoms with Gasteiger partial charge >= 0.3 is 0 Å². The minimum Gasteiger partial charge on any atom is -0.391 e. The van der Waals surface area contributed by atoms with Crippen LogP contribution in [0.3, 0.4) is 0 Å². The second kappa shape index (κ2) is 8.58. The smallest absolute Gasteiger partial charge is 0.0107 e. The van der Waals surface area contributed by atoms with Gasteiger partial charge in [0.15, 0.2) is 0 Å². The molecule has 1 heteroatoms. The molecule has 1 nitrogen and oxygen atoms in total. The molecule has 19 heavy (non-hydrogen) atoms. The first-order valence-electron chi connectivity index (χ1n) is 7.30. The molecule has 0 saturated heterocycles. The van der Waals surface area contributed by atoms with E-state index in [0.717, 1.165) is 12.8 Å². The standard InChI is InChI=1S/C18H27N/c1-5-7-11-17(19-4)14-13-16-10-8-9-12-18(16)15(3)6-2/h5,7-12,15,19H,6,13-14H2,1-4H3/b7-5-,17-11+. The van der Waals surface area contributed by atoms with Crippen LogP contribution in [0, 0.1) is 0 Å². The van der Waals surface area contributed by atoms with E-state index in [1.807, 2.05) is 14.0 Å². The Balaban J connectivity index is 2.77. The van der Waals surface area contributed by atoms with E-state index in [0.29, 0.717) is 5.92 Å². The second-order valence-electron chi connectivity index (χ2n) is 4.98. The van der Waals surface area contributed by atoms with E-state index in [4.69, 9.17) is 0 Å². The van der Waals surface area contributed by atoms with Gasteiger partial charge in [-0.15, -0.1) is 0 Å². The minimum atomic E-state index is 0.647. The normalized spacial score (nSPS) is 13.8. The van der Waals surface area contributed by atoms with Gasteiger partial charge in [-0.3, -0.25) is 0 Å². The molecule has 0 spiro atoms. The number of hydrogen-bond acceptors (Lipinski definition) is 1. The molecule has 0 radical (unpaired) electrons. The lowest BCUT2D eigenvalue weighted by molar-refractivity contribution is 0.716. The summed E-state index contributed by atoms with van der Waals surface area (Å²) in [5.74, 6) is 0.647. The molecule has 0 aliphatic heterocycles. The molecule has 0 aliphatic rings. The first kappa shape index (κ1) is 15.6. The largest absolute Gasteiger partial charge is 0.391 e. The molecule has 1 atom stereocenters. The fraction of sp³-hybridized carbons (Fsp3) is 0.444. The van der Waals surface area contributed by atoms with Crippen LogP contribution in [0.25, 0.3) is 0 Å². The fourth-order valence-corrected chi connectivity index (χ4v) is 2.24. The molecule has 1 aromatic carbocycles. The van der Waals surface area contributed by atoms with Crippen LogP contribution in [0.4, 0.5) is 0 Å². The Morgan fingerprint density at radius 2 is 2.05 bits per heavy atom. The summed E-state index contributed by atoms with van der Waals surface area (Å²) in [6, 6.07) is 8.85. The lowest BCUT2D eigenvalue weighted by atomic mass is 9.91. The van der Waals surface area contributed by atoms with Crippen LogP contribution in [0.5, 0.6) is 0 Å². The molecule has 1 rings (SSSR count). The van der Waals surface area contributed by atoms with Crippen molar-refractivity contribution in [3.05, 3.63) is 59.3 Å². The molecular weight excluding hydrogens is 230 g/mol. The van der Waals surface area contributed by atoms with Crippen molar-refractivity contribution in [2.24, 2.45) is 0 Å². The van der Waals surface area contributed by atoms with Gasteiger partial charge in [0.1, 0.15) is 0 Å². The van der Waals surface area contributed by atoms with Crippen molar-refractivity contribution in [1.29, 1.82) is 0 Å². The van der Waals surface area contributed by atoms with Crippen LogP contribution in [-0.4, -0.2) is 7.05 Å². The number of aryl methyl sites for hydroxylation is 1. The molecule has 0 amide bonds. The van der Waals surface area contributed by atoms with Crippen molar-refractivity contribution in [1.82, 2.24) is 5.32 Å². The van der Waals surface area contributed by atoms with Gasteiger partial charge in [0.2, 0.25) is 0 Å². The maximum absolute atomic E-state index is 3.28. The van der Waals surface area contributed by atoms with Gasteiger partial charge in [0.05, 0.1) is 0 Å². The summed E-state index contributed by atoms with van der Waals surface area (Å²) in [7, 11) is 2.00. The van der Waals surface area contributed by atoms with Gasteiger partial charge in [-0.2, -0.15) is 0 Å². The Hall–Kier alpha value is -1.50. The Labute approximate surface area is 118 Å². The predicted molar refractivity (Wildman–Crippen MR) is 85.4 cm³/mol. The van der Waals surface area contributed by atoms with Gasteiger partial charge in [-0.25, -0.2) is 0 Å². The van der Waals surface area contributed by atoms with Crippen LogP contribution in [0.2, 0.25) is 0 Å². The molecule has 0 aromatic heterocycles. The molecule has 1 aromatic rings. The fourth-order valence-electron chi connectivity index (χ4n) is 2.24. The van der Waals surface area contributed by atoms with Crippen molar-refractivity contribution >= 4 is 0 Å². The van der Waals surface area contributed by atoms with Crippen molar-refractivity contribution < 1.29 is 0 Å². The SMILES string of the molecule is C/C=C\C=C(/CCc1ccccc1C(C)CC)NC. The highest BCUT2D eigenvalue weighted by Crippen LogP contribution is 2.24. The number of nitrogens with one attached hydrogen (secondary N) is 1. The molecule has 1 unspecified atom stereocenters. The third-order valence-electron chi connectivity index (χ3n) is 3.67. The molecule has 104 valence electrons. The van der Waals surface area contributed by atoms with E-state index in [1.165, 1.54) is 23.2 Å². The second-order valence-corrected chi connectivity index (χ2v) is 4.98. The predicted octanol–water partition coefficient (Wildman–Crippen LogP) is 4.81. The summed E-state index contributed by atoms with van der Waals surface area (Å²) in [5.41, 5.74) is 4.28. The lowest BCUT2D eigenvalue weighted by Crippen LogP contribution is -2.07. The zero-order valence-electron chi connectivity index (χ0n) is 12.7. The first-order valence-corrected chi connectivity index (χ1v) is 7.30. The molecular formula is C18H27N. The molecule has 0 fully saturated rings. The Morgan fingerprint density at radius 1 is 1.32 bits per heavy atom. The zero-order chi connectivity index (χ0) is 14.1. The molecule has 1 N–H and O–H groups in total. The van der Waals surface area contributed by atoms with Gasteiger partial charge < -0.3 is 5.32 Å². The van der Waals surface area contributed by atoms with Crippen molar-refractivity contribution in [2.45, 2.75) is 46.0 Å². The van der Waals surface area contributed by atoms with Gasteiger partial charge in [0.25, 0.3) is 0 Å². The molecule has 0 aliphatic carbocycles.